The Kier molecular flexibility index (Phi) is 3.52. The van der Waals surface area contributed by atoms with Gasteiger partial charge >= 0.3 is 0 Å². The molecule has 2 aromatic heterocycles. The highest BCUT2D eigenvalue weighted by Gasteiger charge is 2.23. The van der Waals surface area contributed by atoms with Crippen molar-refractivity contribution in [2.75, 3.05) is 0 Å². The Morgan fingerprint density at radius 1 is 1.33 bits per heavy atom. The maximum Gasteiger partial charge on any atom is 0.252 e. The molecule has 6 heteroatoms. The molecule has 4 rings (SSSR count). The van der Waals surface area contributed by atoms with Gasteiger partial charge in [-0.15, -0.1) is 0 Å². The number of aryl methyl sites for hydroxylation is 1. The molecule has 1 saturated carbocycles. The van der Waals surface area contributed by atoms with E-state index in [2.05, 4.69) is 15.4 Å². The van der Waals surface area contributed by atoms with Crippen molar-refractivity contribution in [3.63, 3.8) is 0 Å². The summed E-state index contributed by atoms with van der Waals surface area (Å²) in [5.41, 5.74) is 2.33. The Morgan fingerprint density at radius 2 is 2.17 bits per heavy atom. The molecule has 1 amide bonds. The van der Waals surface area contributed by atoms with E-state index < -0.39 is 0 Å². The van der Waals surface area contributed by atoms with Crippen molar-refractivity contribution in [1.82, 2.24) is 20.1 Å². The molecule has 122 valence electrons. The van der Waals surface area contributed by atoms with Crippen molar-refractivity contribution in [3.8, 4) is 11.3 Å². The molecule has 1 aromatic carbocycles. The topological polar surface area (TPSA) is 59.8 Å². The van der Waals surface area contributed by atoms with Crippen LogP contribution in [0.15, 0.2) is 36.5 Å². The SMILES string of the molecule is Cn1ncc2c(C(=O)NC3CCC3)cc(-c3cccc(F)c3)nc21. The zero-order chi connectivity index (χ0) is 16.7. The van der Waals surface area contributed by atoms with Gasteiger partial charge in [0.1, 0.15) is 5.82 Å². The van der Waals surface area contributed by atoms with Crippen LogP contribution in [0.5, 0.6) is 0 Å². The maximum absolute atomic E-state index is 13.5. The van der Waals surface area contributed by atoms with E-state index >= 15 is 0 Å². The molecule has 1 aliphatic carbocycles. The molecule has 2 heterocycles. The van der Waals surface area contributed by atoms with E-state index in [1.54, 1.807) is 36.1 Å². The Bertz CT molecular complexity index is 930. The number of aromatic nitrogens is 3. The van der Waals surface area contributed by atoms with Crippen molar-refractivity contribution < 1.29 is 9.18 Å². The average Bonchev–Trinajstić information content (AvgIpc) is 2.91. The normalized spacial score (nSPS) is 14.6. The summed E-state index contributed by atoms with van der Waals surface area (Å²) < 4.78 is 15.2. The van der Waals surface area contributed by atoms with Crippen LogP contribution in [-0.2, 0) is 7.05 Å². The van der Waals surface area contributed by atoms with Crippen LogP contribution < -0.4 is 5.32 Å². The Hall–Kier alpha value is -2.76. The number of benzene rings is 1. The first-order valence-electron chi connectivity index (χ1n) is 8.01. The molecule has 5 nitrogen and oxygen atoms in total. The van der Waals surface area contributed by atoms with Gasteiger partial charge in [0.25, 0.3) is 5.91 Å². The number of carbonyl (C=O) groups is 1. The van der Waals surface area contributed by atoms with Crippen LogP contribution in [0.25, 0.3) is 22.3 Å². The summed E-state index contributed by atoms with van der Waals surface area (Å²) in [4.78, 5) is 17.2. The van der Waals surface area contributed by atoms with Gasteiger partial charge in [-0.3, -0.25) is 9.48 Å². The molecule has 0 spiro atoms. The first-order valence-corrected chi connectivity index (χ1v) is 8.01. The van der Waals surface area contributed by atoms with Crippen LogP contribution in [-0.4, -0.2) is 26.7 Å². The molecule has 0 unspecified atom stereocenters. The minimum Gasteiger partial charge on any atom is -0.349 e. The van der Waals surface area contributed by atoms with Gasteiger partial charge < -0.3 is 5.32 Å². The predicted octanol–water partition coefficient (Wildman–Crippen LogP) is 3.06. The van der Waals surface area contributed by atoms with Gasteiger partial charge in [0.15, 0.2) is 5.65 Å². The summed E-state index contributed by atoms with van der Waals surface area (Å²) in [7, 11) is 1.78. The second-order valence-electron chi connectivity index (χ2n) is 6.17. The van der Waals surface area contributed by atoms with Crippen molar-refractivity contribution >= 4 is 16.9 Å². The summed E-state index contributed by atoms with van der Waals surface area (Å²) in [5, 5.41) is 7.95. The van der Waals surface area contributed by atoms with E-state index in [1.165, 1.54) is 12.1 Å². The zero-order valence-electron chi connectivity index (χ0n) is 13.3. The van der Waals surface area contributed by atoms with E-state index in [0.717, 1.165) is 19.3 Å². The number of amides is 1. The molecule has 0 bridgehead atoms. The minimum atomic E-state index is -0.333. The molecular weight excluding hydrogens is 307 g/mol. The number of hydrogen-bond donors (Lipinski definition) is 1. The summed E-state index contributed by atoms with van der Waals surface area (Å²) in [6.07, 6.45) is 4.83. The van der Waals surface area contributed by atoms with Gasteiger partial charge in [0, 0.05) is 18.7 Å². The number of hydrogen-bond acceptors (Lipinski definition) is 3. The maximum atomic E-state index is 13.5. The third-order valence-electron chi connectivity index (χ3n) is 4.51. The number of halogens is 1. The lowest BCUT2D eigenvalue weighted by molar-refractivity contribution is 0.0918. The highest BCUT2D eigenvalue weighted by molar-refractivity contribution is 6.06. The first-order chi connectivity index (χ1) is 11.6. The minimum absolute atomic E-state index is 0.127. The van der Waals surface area contributed by atoms with Crippen LogP contribution in [0.1, 0.15) is 29.6 Å². The summed E-state index contributed by atoms with van der Waals surface area (Å²) in [6, 6.07) is 8.17. The van der Waals surface area contributed by atoms with Gasteiger partial charge in [-0.2, -0.15) is 5.10 Å². The molecule has 24 heavy (non-hydrogen) atoms. The number of pyridine rings is 1. The third kappa shape index (κ3) is 2.54. The monoisotopic (exact) mass is 324 g/mol. The third-order valence-corrected chi connectivity index (χ3v) is 4.51. The fourth-order valence-electron chi connectivity index (χ4n) is 2.91. The van der Waals surface area contributed by atoms with Gasteiger partial charge in [0.2, 0.25) is 0 Å². The smallest absolute Gasteiger partial charge is 0.252 e. The quantitative estimate of drug-likeness (QED) is 0.805. The van der Waals surface area contributed by atoms with Gasteiger partial charge in [-0.05, 0) is 37.5 Å². The highest BCUT2D eigenvalue weighted by atomic mass is 19.1. The molecule has 1 aliphatic rings. The molecule has 1 fully saturated rings. The first kappa shape index (κ1) is 14.8. The second kappa shape index (κ2) is 5.70. The second-order valence-corrected chi connectivity index (χ2v) is 6.17. The number of carbonyl (C=O) groups excluding carboxylic acids is 1. The van der Waals surface area contributed by atoms with Crippen molar-refractivity contribution in [1.29, 1.82) is 0 Å². The lowest BCUT2D eigenvalue weighted by Crippen LogP contribution is -2.39. The summed E-state index contributed by atoms with van der Waals surface area (Å²) >= 11 is 0. The predicted molar refractivity (Wildman–Crippen MR) is 89.0 cm³/mol. The number of rotatable bonds is 3. The average molecular weight is 324 g/mol. The van der Waals surface area contributed by atoms with Gasteiger partial charge in [-0.1, -0.05) is 12.1 Å². The van der Waals surface area contributed by atoms with E-state index in [-0.39, 0.29) is 17.8 Å². The number of fused-ring (bicyclic) bond motifs is 1. The van der Waals surface area contributed by atoms with E-state index in [0.29, 0.717) is 27.9 Å². The van der Waals surface area contributed by atoms with E-state index in [1.807, 2.05) is 0 Å². The van der Waals surface area contributed by atoms with Crippen LogP contribution in [0.4, 0.5) is 4.39 Å². The van der Waals surface area contributed by atoms with E-state index in [4.69, 9.17) is 0 Å². The lowest BCUT2D eigenvalue weighted by atomic mass is 9.93. The van der Waals surface area contributed by atoms with Crippen LogP contribution in [0.2, 0.25) is 0 Å². The standard InChI is InChI=1S/C18H17FN4O/c1-23-17-15(10-20-23)14(18(24)21-13-6-3-7-13)9-16(22-17)11-4-2-5-12(19)8-11/h2,4-5,8-10,13H,3,6-7H2,1H3,(H,21,24). The number of nitrogens with zero attached hydrogens (tertiary/aromatic N) is 3. The highest BCUT2D eigenvalue weighted by Crippen LogP contribution is 2.26. The molecule has 0 saturated heterocycles. The number of nitrogens with one attached hydrogen (secondary N) is 1. The fourth-order valence-corrected chi connectivity index (χ4v) is 2.91. The molecule has 3 aromatic rings. The Morgan fingerprint density at radius 3 is 2.88 bits per heavy atom. The van der Waals surface area contributed by atoms with E-state index in [9.17, 15) is 9.18 Å². The Balaban J connectivity index is 1.83. The van der Waals surface area contributed by atoms with Crippen LogP contribution in [0, 0.1) is 5.82 Å². The molecule has 0 aliphatic heterocycles. The van der Waals surface area contributed by atoms with Crippen molar-refractivity contribution in [2.24, 2.45) is 7.05 Å². The largest absolute Gasteiger partial charge is 0.349 e. The zero-order valence-corrected chi connectivity index (χ0v) is 13.3. The summed E-state index contributed by atoms with van der Waals surface area (Å²) in [6.45, 7) is 0. The van der Waals surface area contributed by atoms with Crippen LogP contribution in [0.3, 0.4) is 0 Å². The van der Waals surface area contributed by atoms with Gasteiger partial charge in [-0.25, -0.2) is 9.37 Å². The summed E-state index contributed by atoms with van der Waals surface area (Å²) in [5.74, 6) is -0.461. The van der Waals surface area contributed by atoms with Gasteiger partial charge in [0.05, 0.1) is 22.8 Å². The fraction of sp³-hybridized carbons (Fsp3) is 0.278. The van der Waals surface area contributed by atoms with Crippen LogP contribution >= 0.6 is 0 Å². The molecule has 0 atom stereocenters. The van der Waals surface area contributed by atoms with Crippen molar-refractivity contribution in [2.45, 2.75) is 25.3 Å². The van der Waals surface area contributed by atoms with Crippen molar-refractivity contribution in [3.05, 3.63) is 47.9 Å². The molecule has 1 N–H and O–H groups in total. The lowest BCUT2D eigenvalue weighted by Gasteiger charge is -2.26. The Labute approximate surface area is 138 Å². The molecule has 0 radical (unpaired) electrons. The molecular formula is C18H17FN4O.